The highest BCUT2D eigenvalue weighted by molar-refractivity contribution is 9.11. The third kappa shape index (κ3) is 4.58. The van der Waals surface area contributed by atoms with Crippen LogP contribution in [0.15, 0.2) is 51.4 Å². The van der Waals surface area contributed by atoms with E-state index in [2.05, 4.69) is 37.2 Å². The van der Waals surface area contributed by atoms with Crippen molar-refractivity contribution in [2.45, 2.75) is 19.1 Å². The average Bonchev–Trinajstić information content (AvgIpc) is 2.63. The first-order valence-corrected chi connectivity index (χ1v) is 9.87. The van der Waals surface area contributed by atoms with E-state index in [4.69, 9.17) is 9.47 Å². The van der Waals surface area contributed by atoms with Gasteiger partial charge in [-0.3, -0.25) is 9.69 Å². The molecule has 1 amide bonds. The Kier molecular flexibility index (Phi) is 6.21. The fraction of sp³-hybridized carbons (Fsp3) is 0.316. The summed E-state index contributed by atoms with van der Waals surface area (Å²) in [5.41, 5.74) is 0.740. The van der Waals surface area contributed by atoms with Gasteiger partial charge in [0.15, 0.2) is 11.5 Å². The van der Waals surface area contributed by atoms with Crippen molar-refractivity contribution in [2.75, 3.05) is 25.5 Å². The number of amides is 1. The van der Waals surface area contributed by atoms with Gasteiger partial charge in [0.2, 0.25) is 5.91 Å². The summed E-state index contributed by atoms with van der Waals surface area (Å²) in [4.78, 5) is 14.5. The minimum Gasteiger partial charge on any atom is -0.486 e. The van der Waals surface area contributed by atoms with E-state index in [1.165, 1.54) is 0 Å². The smallest absolute Gasteiger partial charge is 0.241 e. The lowest BCUT2D eigenvalue weighted by atomic mass is 10.2. The van der Waals surface area contributed by atoms with Crippen LogP contribution in [-0.4, -0.2) is 43.2 Å². The van der Waals surface area contributed by atoms with E-state index in [9.17, 15) is 4.79 Å². The lowest BCUT2D eigenvalue weighted by molar-refractivity contribution is -0.120. The van der Waals surface area contributed by atoms with Crippen LogP contribution in [-0.2, 0) is 4.79 Å². The van der Waals surface area contributed by atoms with Crippen LogP contribution in [0, 0.1) is 0 Å². The zero-order valence-electron chi connectivity index (χ0n) is 14.5. The van der Waals surface area contributed by atoms with E-state index in [0.717, 1.165) is 26.1 Å². The third-order valence-electron chi connectivity index (χ3n) is 4.29. The fourth-order valence-electron chi connectivity index (χ4n) is 2.66. The van der Waals surface area contributed by atoms with Gasteiger partial charge in [-0.15, -0.1) is 0 Å². The summed E-state index contributed by atoms with van der Waals surface area (Å²) in [5, 5.41) is 2.95. The number of nitrogens with zero attached hydrogens (tertiary/aromatic N) is 1. The molecular formula is C19H20Br2N2O3. The van der Waals surface area contributed by atoms with Crippen LogP contribution in [0.3, 0.4) is 0 Å². The number of anilines is 1. The van der Waals surface area contributed by atoms with Gasteiger partial charge in [-0.05, 0) is 60.2 Å². The Labute approximate surface area is 169 Å². The molecule has 1 aliphatic rings. The van der Waals surface area contributed by atoms with Crippen LogP contribution in [0.25, 0.3) is 0 Å². The molecule has 0 bridgehead atoms. The number of benzene rings is 2. The third-order valence-corrected chi connectivity index (χ3v) is 5.44. The highest BCUT2D eigenvalue weighted by Crippen LogP contribution is 2.31. The van der Waals surface area contributed by atoms with Crippen LogP contribution in [0.1, 0.15) is 6.92 Å². The number of rotatable bonds is 5. The summed E-state index contributed by atoms with van der Waals surface area (Å²) in [6.07, 6.45) is -0.121. The summed E-state index contributed by atoms with van der Waals surface area (Å²) < 4.78 is 13.5. The van der Waals surface area contributed by atoms with Gasteiger partial charge >= 0.3 is 0 Å². The van der Waals surface area contributed by atoms with Gasteiger partial charge in [-0.25, -0.2) is 0 Å². The van der Waals surface area contributed by atoms with Gasteiger partial charge in [0.1, 0.15) is 12.7 Å². The lowest BCUT2D eigenvalue weighted by Gasteiger charge is -2.31. The van der Waals surface area contributed by atoms with Crippen molar-refractivity contribution in [3.8, 4) is 11.5 Å². The minimum absolute atomic E-state index is 0.0762. The number of carbonyl (C=O) groups excluding carboxylic acids is 1. The van der Waals surface area contributed by atoms with Crippen molar-refractivity contribution in [2.24, 2.45) is 0 Å². The van der Waals surface area contributed by atoms with Gasteiger partial charge in [-0.2, -0.15) is 0 Å². The number of carbonyl (C=O) groups is 1. The largest absolute Gasteiger partial charge is 0.486 e. The number of nitrogens with one attached hydrogen (secondary N) is 1. The highest BCUT2D eigenvalue weighted by Gasteiger charge is 2.26. The quantitative estimate of drug-likeness (QED) is 0.688. The lowest BCUT2D eigenvalue weighted by Crippen LogP contribution is -2.46. The van der Waals surface area contributed by atoms with Gasteiger partial charge in [0, 0.05) is 15.5 Å². The van der Waals surface area contributed by atoms with Gasteiger partial charge in [-0.1, -0.05) is 28.1 Å². The molecule has 0 saturated heterocycles. The van der Waals surface area contributed by atoms with E-state index >= 15 is 0 Å². The van der Waals surface area contributed by atoms with Crippen LogP contribution in [0.2, 0.25) is 0 Å². The molecule has 1 N–H and O–H groups in total. The molecule has 5 nitrogen and oxygen atoms in total. The standard InChI is InChI=1S/C19H20Br2N2O3/c1-12(19(24)22-16-8-7-13(20)9-15(16)21)23(2)10-14-11-25-17-5-3-4-6-18(17)26-14/h3-9,12,14H,10-11H2,1-2H3,(H,22,24)/t12-,14+/m0/s1. The van der Waals surface area contributed by atoms with E-state index in [-0.39, 0.29) is 18.1 Å². The zero-order valence-corrected chi connectivity index (χ0v) is 17.7. The minimum atomic E-state index is -0.314. The van der Waals surface area contributed by atoms with Crippen molar-refractivity contribution >= 4 is 43.5 Å². The van der Waals surface area contributed by atoms with Crippen LogP contribution >= 0.6 is 31.9 Å². The van der Waals surface area contributed by atoms with E-state index < -0.39 is 0 Å². The van der Waals surface area contributed by atoms with Crippen molar-refractivity contribution in [3.63, 3.8) is 0 Å². The number of ether oxygens (including phenoxy) is 2. The maximum atomic E-state index is 12.6. The molecule has 0 saturated carbocycles. The molecule has 1 aliphatic heterocycles. The molecule has 0 fully saturated rings. The number of fused-ring (bicyclic) bond motifs is 1. The Balaban J connectivity index is 1.57. The molecule has 0 unspecified atom stereocenters. The molecule has 0 aromatic heterocycles. The molecular weight excluding hydrogens is 464 g/mol. The molecule has 7 heteroatoms. The first-order valence-electron chi connectivity index (χ1n) is 8.28. The second-order valence-electron chi connectivity index (χ2n) is 6.23. The summed E-state index contributed by atoms with van der Waals surface area (Å²) in [6, 6.07) is 12.9. The number of para-hydroxylation sites is 2. The Hall–Kier alpha value is -1.57. The topological polar surface area (TPSA) is 50.8 Å². The summed E-state index contributed by atoms with van der Waals surface area (Å²) in [5.74, 6) is 1.43. The summed E-state index contributed by atoms with van der Waals surface area (Å²) in [6.45, 7) is 2.93. The normalized spacial score (nSPS) is 17.0. The second kappa shape index (κ2) is 8.41. The van der Waals surface area contributed by atoms with Crippen molar-refractivity contribution in [1.29, 1.82) is 0 Å². The van der Waals surface area contributed by atoms with E-state index in [1.807, 2.05) is 61.3 Å². The Morgan fingerprint density at radius 2 is 2.00 bits per heavy atom. The molecule has 2 atom stereocenters. The van der Waals surface area contributed by atoms with Gasteiger partial charge in [0.05, 0.1) is 11.7 Å². The van der Waals surface area contributed by atoms with Crippen LogP contribution in [0.5, 0.6) is 11.5 Å². The fourth-order valence-corrected chi connectivity index (χ4v) is 3.81. The van der Waals surface area contributed by atoms with E-state index in [1.54, 1.807) is 0 Å². The summed E-state index contributed by atoms with van der Waals surface area (Å²) in [7, 11) is 1.91. The number of hydrogen-bond acceptors (Lipinski definition) is 4. The zero-order chi connectivity index (χ0) is 18.7. The Morgan fingerprint density at radius 1 is 1.27 bits per heavy atom. The molecule has 2 aromatic rings. The maximum absolute atomic E-state index is 12.6. The van der Waals surface area contributed by atoms with Gasteiger partial charge < -0.3 is 14.8 Å². The highest BCUT2D eigenvalue weighted by atomic mass is 79.9. The first-order chi connectivity index (χ1) is 12.4. The van der Waals surface area contributed by atoms with E-state index in [0.29, 0.717) is 13.2 Å². The number of halogens is 2. The van der Waals surface area contributed by atoms with Crippen LogP contribution in [0.4, 0.5) is 5.69 Å². The molecule has 3 rings (SSSR count). The number of hydrogen-bond donors (Lipinski definition) is 1. The monoisotopic (exact) mass is 482 g/mol. The second-order valence-corrected chi connectivity index (χ2v) is 8.00. The molecule has 0 radical (unpaired) electrons. The average molecular weight is 484 g/mol. The van der Waals surface area contributed by atoms with Crippen molar-refractivity contribution < 1.29 is 14.3 Å². The molecule has 138 valence electrons. The molecule has 2 aromatic carbocycles. The Bertz CT molecular complexity index is 800. The molecule has 0 aliphatic carbocycles. The molecule has 0 spiro atoms. The number of likely N-dealkylation sites (N-methyl/N-ethyl adjacent to an activating group) is 1. The first kappa shape index (κ1) is 19.2. The molecule has 1 heterocycles. The van der Waals surface area contributed by atoms with Crippen molar-refractivity contribution in [1.82, 2.24) is 4.90 Å². The van der Waals surface area contributed by atoms with Crippen molar-refractivity contribution in [3.05, 3.63) is 51.4 Å². The maximum Gasteiger partial charge on any atom is 0.241 e. The molecule has 26 heavy (non-hydrogen) atoms. The van der Waals surface area contributed by atoms with Crippen LogP contribution < -0.4 is 14.8 Å². The SMILES string of the molecule is C[C@@H](C(=O)Nc1ccc(Br)cc1Br)N(C)C[C@@H]1COc2ccccc2O1. The predicted octanol–water partition coefficient (Wildman–Crippen LogP) is 4.31. The Morgan fingerprint density at radius 3 is 2.73 bits per heavy atom. The van der Waals surface area contributed by atoms with Gasteiger partial charge in [0.25, 0.3) is 0 Å². The predicted molar refractivity (Wildman–Crippen MR) is 109 cm³/mol. The summed E-state index contributed by atoms with van der Waals surface area (Å²) >= 11 is 6.87.